The second-order valence-corrected chi connectivity index (χ2v) is 8.32. The number of pyridine rings is 2. The molecule has 7 nitrogen and oxygen atoms in total. The minimum atomic E-state index is 0.804. The molecule has 0 unspecified atom stereocenters. The van der Waals surface area contributed by atoms with E-state index in [0.717, 1.165) is 55.0 Å². The zero-order valence-corrected chi connectivity index (χ0v) is 16.7. The number of rotatable bonds is 3. The molecule has 0 saturated carbocycles. The van der Waals surface area contributed by atoms with Gasteiger partial charge in [0.2, 0.25) is 0 Å². The molecule has 2 N–H and O–H groups in total. The maximum absolute atomic E-state index is 4.64. The number of fused-ring (bicyclic) bond motifs is 2. The van der Waals surface area contributed by atoms with E-state index in [1.165, 1.54) is 11.2 Å². The van der Waals surface area contributed by atoms with Crippen molar-refractivity contribution in [2.24, 2.45) is 0 Å². The molecule has 0 radical (unpaired) electrons. The van der Waals surface area contributed by atoms with Crippen LogP contribution >= 0.6 is 11.3 Å². The maximum Gasteiger partial charge on any atom is 0.116 e. The second-order valence-electron chi connectivity index (χ2n) is 7.03. The lowest BCUT2D eigenvalue weighted by Crippen LogP contribution is -1.86. The van der Waals surface area contributed by atoms with Gasteiger partial charge in [-0.1, -0.05) is 0 Å². The Bertz CT molecular complexity index is 1510. The Morgan fingerprint density at radius 1 is 0.867 bits per heavy atom. The number of aryl methyl sites for hydroxylation is 1. The molecule has 0 aromatic carbocycles. The summed E-state index contributed by atoms with van der Waals surface area (Å²) in [7, 11) is 0. The fourth-order valence-electron chi connectivity index (χ4n) is 3.65. The first-order valence-corrected chi connectivity index (χ1v) is 10.2. The average Bonchev–Trinajstić information content (AvgIpc) is 3.51. The van der Waals surface area contributed by atoms with Crippen LogP contribution in [-0.4, -0.2) is 35.1 Å². The first kappa shape index (κ1) is 17.0. The van der Waals surface area contributed by atoms with Gasteiger partial charge < -0.3 is 4.98 Å². The van der Waals surface area contributed by atoms with E-state index in [0.29, 0.717) is 0 Å². The number of nitrogens with one attached hydrogen (secondary N) is 2. The molecular weight excluding hydrogens is 394 g/mol. The van der Waals surface area contributed by atoms with E-state index in [9.17, 15) is 0 Å². The van der Waals surface area contributed by atoms with Gasteiger partial charge in [-0.05, 0) is 37.3 Å². The lowest BCUT2D eigenvalue weighted by atomic mass is 10.1. The predicted molar refractivity (Wildman–Crippen MR) is 118 cm³/mol. The SMILES string of the molecule is Cc1ccc(-c2nccc3[nH]c(-c4n[nH]c5cnc(-c6cncnc6)cc45)cc23)s1. The Kier molecular flexibility index (Phi) is 3.72. The number of hydrogen-bond donors (Lipinski definition) is 2. The molecule has 6 rings (SSSR count). The highest BCUT2D eigenvalue weighted by Crippen LogP contribution is 2.35. The quantitative estimate of drug-likeness (QED) is 0.429. The fraction of sp³-hybridized carbons (Fsp3) is 0.0455. The summed E-state index contributed by atoms with van der Waals surface area (Å²) in [4.78, 5) is 23.3. The smallest absolute Gasteiger partial charge is 0.116 e. The molecule has 30 heavy (non-hydrogen) atoms. The monoisotopic (exact) mass is 409 g/mol. The summed E-state index contributed by atoms with van der Waals surface area (Å²) < 4.78 is 0. The standard InChI is InChI=1S/C22H15N7S/c1-12-2-3-20(30-12)22-14-7-18(27-16(14)4-5-25-22)21-15-6-17(13-8-23-11-24-9-13)26-10-19(15)28-29-21/h2-11,27H,1H3,(H,28,29). The summed E-state index contributed by atoms with van der Waals surface area (Å²) in [6, 6.07) is 10.4. The Morgan fingerprint density at radius 3 is 2.57 bits per heavy atom. The molecule has 0 spiro atoms. The molecule has 144 valence electrons. The van der Waals surface area contributed by atoms with Gasteiger partial charge in [-0.3, -0.25) is 15.1 Å². The number of thiophene rings is 1. The lowest BCUT2D eigenvalue weighted by Gasteiger charge is -2.00. The first-order valence-electron chi connectivity index (χ1n) is 9.41. The molecule has 0 aliphatic carbocycles. The van der Waals surface area contributed by atoms with Gasteiger partial charge in [0.1, 0.15) is 12.0 Å². The molecule has 0 atom stereocenters. The van der Waals surface area contributed by atoms with Gasteiger partial charge in [0, 0.05) is 45.3 Å². The number of aromatic nitrogens is 7. The normalized spacial score (nSPS) is 11.5. The van der Waals surface area contributed by atoms with Crippen molar-refractivity contribution in [3.63, 3.8) is 0 Å². The summed E-state index contributed by atoms with van der Waals surface area (Å²) in [5.74, 6) is 0. The number of H-pyrrole nitrogens is 2. The third-order valence-corrected chi connectivity index (χ3v) is 6.09. The van der Waals surface area contributed by atoms with Crippen LogP contribution in [-0.2, 0) is 0 Å². The maximum atomic E-state index is 4.64. The van der Waals surface area contributed by atoms with E-state index < -0.39 is 0 Å². The van der Waals surface area contributed by atoms with Crippen LogP contribution in [0.5, 0.6) is 0 Å². The summed E-state index contributed by atoms with van der Waals surface area (Å²) in [5.41, 5.74) is 6.33. The summed E-state index contributed by atoms with van der Waals surface area (Å²) in [6.45, 7) is 2.11. The number of hydrogen-bond acceptors (Lipinski definition) is 6. The van der Waals surface area contributed by atoms with Crippen LogP contribution in [0.1, 0.15) is 4.88 Å². The second kappa shape index (κ2) is 6.57. The van der Waals surface area contributed by atoms with Gasteiger partial charge in [-0.2, -0.15) is 5.10 Å². The lowest BCUT2D eigenvalue weighted by molar-refractivity contribution is 1.11. The van der Waals surface area contributed by atoms with Crippen LogP contribution in [0, 0.1) is 6.92 Å². The first-order chi connectivity index (χ1) is 14.8. The van der Waals surface area contributed by atoms with Gasteiger partial charge in [-0.15, -0.1) is 11.3 Å². The zero-order valence-electron chi connectivity index (χ0n) is 15.9. The minimum Gasteiger partial charge on any atom is -0.353 e. The molecule has 6 aromatic heterocycles. The Balaban J connectivity index is 1.52. The van der Waals surface area contributed by atoms with E-state index in [-0.39, 0.29) is 0 Å². The van der Waals surface area contributed by atoms with Gasteiger partial charge >= 0.3 is 0 Å². The van der Waals surface area contributed by atoms with Gasteiger partial charge in [-0.25, -0.2) is 9.97 Å². The van der Waals surface area contributed by atoms with E-state index >= 15 is 0 Å². The van der Waals surface area contributed by atoms with Crippen molar-refractivity contribution < 1.29 is 0 Å². The largest absolute Gasteiger partial charge is 0.353 e. The minimum absolute atomic E-state index is 0.804. The van der Waals surface area contributed by atoms with Crippen LogP contribution in [0.2, 0.25) is 0 Å². The fourth-order valence-corrected chi connectivity index (χ4v) is 4.53. The molecular formula is C22H15N7S. The predicted octanol–water partition coefficient (Wildman–Crippen LogP) is 5.00. The number of nitrogens with zero attached hydrogens (tertiary/aromatic N) is 5. The highest BCUT2D eigenvalue weighted by atomic mass is 32.1. The van der Waals surface area contributed by atoms with Crippen LogP contribution in [0.3, 0.4) is 0 Å². The van der Waals surface area contributed by atoms with E-state index in [1.807, 2.05) is 18.3 Å². The van der Waals surface area contributed by atoms with Crippen molar-refractivity contribution in [2.45, 2.75) is 6.92 Å². The highest BCUT2D eigenvalue weighted by molar-refractivity contribution is 7.15. The van der Waals surface area contributed by atoms with Crippen molar-refractivity contribution in [1.29, 1.82) is 0 Å². The summed E-state index contributed by atoms with van der Waals surface area (Å²) >= 11 is 1.75. The molecule has 8 heteroatoms. The van der Waals surface area contributed by atoms with Crippen LogP contribution < -0.4 is 0 Å². The molecule has 0 amide bonds. The van der Waals surface area contributed by atoms with Crippen LogP contribution in [0.15, 0.2) is 61.4 Å². The van der Waals surface area contributed by atoms with Crippen molar-refractivity contribution in [3.05, 3.63) is 66.3 Å². The van der Waals surface area contributed by atoms with Crippen molar-refractivity contribution >= 4 is 33.1 Å². The zero-order chi connectivity index (χ0) is 20.1. The van der Waals surface area contributed by atoms with Crippen molar-refractivity contribution in [3.8, 4) is 33.2 Å². The molecule has 0 aliphatic rings. The Labute approximate surface area is 174 Å². The number of aromatic amines is 2. The highest BCUT2D eigenvalue weighted by Gasteiger charge is 2.16. The van der Waals surface area contributed by atoms with Crippen molar-refractivity contribution in [2.75, 3.05) is 0 Å². The van der Waals surface area contributed by atoms with Gasteiger partial charge in [0.15, 0.2) is 0 Å². The molecule has 6 heterocycles. The third kappa shape index (κ3) is 2.69. The van der Waals surface area contributed by atoms with Gasteiger partial charge in [0.25, 0.3) is 0 Å². The third-order valence-electron chi connectivity index (χ3n) is 5.08. The molecule has 6 aromatic rings. The molecule has 0 fully saturated rings. The van der Waals surface area contributed by atoms with E-state index in [4.69, 9.17) is 0 Å². The topological polar surface area (TPSA) is 96.0 Å². The molecule has 0 aliphatic heterocycles. The Hall–Kier alpha value is -3.91. The molecule has 0 bridgehead atoms. The van der Waals surface area contributed by atoms with Crippen LogP contribution in [0.25, 0.3) is 55.0 Å². The van der Waals surface area contributed by atoms with E-state index in [1.54, 1.807) is 29.9 Å². The molecule has 0 saturated heterocycles. The van der Waals surface area contributed by atoms with Crippen LogP contribution in [0.4, 0.5) is 0 Å². The van der Waals surface area contributed by atoms with Gasteiger partial charge in [0.05, 0.1) is 33.7 Å². The van der Waals surface area contributed by atoms with Crippen molar-refractivity contribution in [1.82, 2.24) is 35.1 Å². The Morgan fingerprint density at radius 2 is 1.73 bits per heavy atom. The average molecular weight is 409 g/mol. The summed E-state index contributed by atoms with van der Waals surface area (Å²) in [6.07, 6.45) is 8.65. The van der Waals surface area contributed by atoms with E-state index in [2.05, 4.69) is 60.2 Å². The summed E-state index contributed by atoms with van der Waals surface area (Å²) in [5, 5.41) is 9.70.